The number of hydrogen-bond donors (Lipinski definition) is 1. The molecule has 4 heteroatoms. The van der Waals surface area contributed by atoms with E-state index in [1.54, 1.807) is 12.1 Å². The minimum absolute atomic E-state index is 0.0815. The molecule has 0 aliphatic carbocycles. The third-order valence-electron chi connectivity index (χ3n) is 3.55. The average Bonchev–Trinajstić information content (AvgIpc) is 2.93. The van der Waals surface area contributed by atoms with Gasteiger partial charge in [0.05, 0.1) is 0 Å². The summed E-state index contributed by atoms with van der Waals surface area (Å²) < 4.78 is 0. The van der Waals surface area contributed by atoms with Crippen molar-refractivity contribution >= 4 is 11.8 Å². The lowest BCUT2D eigenvalue weighted by molar-refractivity contribution is -0.141. The highest BCUT2D eigenvalue weighted by Gasteiger charge is 2.29. The lowest BCUT2D eigenvalue weighted by Crippen LogP contribution is -2.35. The van der Waals surface area contributed by atoms with Crippen molar-refractivity contribution < 1.29 is 14.7 Å². The van der Waals surface area contributed by atoms with E-state index in [4.69, 9.17) is 5.11 Å². The summed E-state index contributed by atoms with van der Waals surface area (Å²) in [4.78, 5) is 24.8. The van der Waals surface area contributed by atoms with Crippen LogP contribution >= 0.6 is 0 Å². The molecule has 0 spiro atoms. The Kier molecular flexibility index (Phi) is 5.07. The number of carbonyl (C=O) groups is 2. The van der Waals surface area contributed by atoms with E-state index in [1.165, 1.54) is 0 Å². The van der Waals surface area contributed by atoms with Gasteiger partial charge in [-0.3, -0.25) is 14.5 Å². The molecule has 0 saturated carbocycles. The lowest BCUT2D eigenvalue weighted by atomic mass is 10.1. The average molecular weight is 273 g/mol. The fraction of sp³-hybridized carbons (Fsp3) is 0.375. The van der Waals surface area contributed by atoms with Crippen LogP contribution in [0, 0.1) is 0 Å². The van der Waals surface area contributed by atoms with Crippen LogP contribution in [-0.2, 0) is 4.79 Å². The molecule has 1 aliphatic heterocycles. The topological polar surface area (TPSA) is 57.6 Å². The van der Waals surface area contributed by atoms with Gasteiger partial charge in [0, 0.05) is 18.5 Å². The smallest absolute Gasteiger partial charge is 0.320 e. The summed E-state index contributed by atoms with van der Waals surface area (Å²) in [5.41, 5.74) is 0.710. The highest BCUT2D eigenvalue weighted by molar-refractivity contribution is 5.96. The Bertz CT molecular complexity index is 496. The maximum atomic E-state index is 11.9. The van der Waals surface area contributed by atoms with Crippen molar-refractivity contribution in [2.45, 2.75) is 25.3 Å². The number of aliphatic carboxylic acids is 1. The highest BCUT2D eigenvalue weighted by atomic mass is 16.4. The van der Waals surface area contributed by atoms with Crippen molar-refractivity contribution in [1.29, 1.82) is 0 Å². The number of hydrogen-bond acceptors (Lipinski definition) is 3. The van der Waals surface area contributed by atoms with Gasteiger partial charge in [-0.25, -0.2) is 0 Å². The summed E-state index contributed by atoms with van der Waals surface area (Å²) in [6, 6.07) is 8.81. The molecule has 2 rings (SSSR count). The van der Waals surface area contributed by atoms with Crippen LogP contribution in [0.1, 0.15) is 29.6 Å². The fourth-order valence-electron chi connectivity index (χ4n) is 2.47. The Hall–Kier alpha value is -1.94. The third kappa shape index (κ3) is 3.78. The highest BCUT2D eigenvalue weighted by Crippen LogP contribution is 2.16. The molecule has 1 fully saturated rings. The summed E-state index contributed by atoms with van der Waals surface area (Å²) in [6.45, 7) is 1.41. The second-order valence-electron chi connectivity index (χ2n) is 4.96. The number of carboxylic acids is 1. The fourth-order valence-corrected chi connectivity index (χ4v) is 2.47. The predicted molar refractivity (Wildman–Crippen MR) is 76.8 cm³/mol. The molecule has 1 aliphatic rings. The van der Waals surface area contributed by atoms with Crippen LogP contribution in [0.3, 0.4) is 0 Å². The zero-order valence-electron chi connectivity index (χ0n) is 11.4. The van der Waals surface area contributed by atoms with E-state index < -0.39 is 5.97 Å². The number of allylic oxidation sites excluding steroid dienone is 1. The first-order valence-electron chi connectivity index (χ1n) is 6.88. The summed E-state index contributed by atoms with van der Waals surface area (Å²) >= 11 is 0. The van der Waals surface area contributed by atoms with Gasteiger partial charge in [-0.05, 0) is 19.4 Å². The second-order valence-corrected chi connectivity index (χ2v) is 4.96. The summed E-state index contributed by atoms with van der Waals surface area (Å²) in [5, 5.41) is 9.06. The number of carbonyl (C=O) groups excluding carboxylic acids is 1. The largest absolute Gasteiger partial charge is 0.480 e. The van der Waals surface area contributed by atoms with Gasteiger partial charge in [-0.15, -0.1) is 0 Å². The molecule has 1 aromatic rings. The standard InChI is InChI=1S/C16H19NO3/c18-15(13-7-2-1-3-8-13)10-4-5-11-17-12-6-9-14(17)16(19)20/h1-5,7-8,14H,6,9-12H2,(H,19,20)/b5-4+/t14-/m0/s1. The Morgan fingerprint density at radius 3 is 2.70 bits per heavy atom. The molecule has 0 unspecified atom stereocenters. The number of likely N-dealkylation sites (tertiary alicyclic amines) is 1. The summed E-state index contributed by atoms with van der Waals surface area (Å²) in [5.74, 6) is -0.672. The molecular formula is C16H19NO3. The van der Waals surface area contributed by atoms with Crippen LogP contribution in [0.5, 0.6) is 0 Å². The van der Waals surface area contributed by atoms with E-state index in [0.717, 1.165) is 13.0 Å². The maximum absolute atomic E-state index is 11.9. The Morgan fingerprint density at radius 2 is 2.00 bits per heavy atom. The second kappa shape index (κ2) is 7.01. The van der Waals surface area contributed by atoms with Crippen molar-refractivity contribution in [1.82, 2.24) is 4.90 Å². The molecule has 0 aromatic heterocycles. The first-order valence-corrected chi connectivity index (χ1v) is 6.88. The molecule has 1 saturated heterocycles. The lowest BCUT2D eigenvalue weighted by Gasteiger charge is -2.18. The van der Waals surface area contributed by atoms with Crippen molar-refractivity contribution in [2.75, 3.05) is 13.1 Å². The van der Waals surface area contributed by atoms with E-state index >= 15 is 0 Å². The van der Waals surface area contributed by atoms with E-state index in [0.29, 0.717) is 24.9 Å². The number of Topliss-reactive ketones (excluding diaryl/α,β-unsaturated/α-hetero) is 1. The monoisotopic (exact) mass is 273 g/mol. The first-order chi connectivity index (χ1) is 9.68. The van der Waals surface area contributed by atoms with E-state index in [-0.39, 0.29) is 11.8 Å². The van der Waals surface area contributed by atoms with Crippen LogP contribution < -0.4 is 0 Å². The van der Waals surface area contributed by atoms with Crippen LogP contribution in [0.2, 0.25) is 0 Å². The first kappa shape index (κ1) is 14.5. The van der Waals surface area contributed by atoms with Gasteiger partial charge >= 0.3 is 5.97 Å². The minimum Gasteiger partial charge on any atom is -0.480 e. The quantitative estimate of drug-likeness (QED) is 0.638. The van der Waals surface area contributed by atoms with Gasteiger partial charge < -0.3 is 5.11 Å². The number of rotatable bonds is 6. The molecule has 0 bridgehead atoms. The normalized spacial score (nSPS) is 19.5. The van der Waals surface area contributed by atoms with Gasteiger partial charge in [-0.2, -0.15) is 0 Å². The van der Waals surface area contributed by atoms with Crippen LogP contribution in [0.4, 0.5) is 0 Å². The number of ketones is 1. The van der Waals surface area contributed by atoms with Crippen molar-refractivity contribution in [2.24, 2.45) is 0 Å². The predicted octanol–water partition coefficient (Wildman–Crippen LogP) is 2.36. The van der Waals surface area contributed by atoms with Crippen molar-refractivity contribution in [3.63, 3.8) is 0 Å². The zero-order chi connectivity index (χ0) is 14.4. The molecule has 4 nitrogen and oxygen atoms in total. The van der Waals surface area contributed by atoms with Gasteiger partial charge in [0.15, 0.2) is 5.78 Å². The van der Waals surface area contributed by atoms with E-state index in [1.807, 2.05) is 35.3 Å². The SMILES string of the molecule is O=C(C/C=C/CN1CCC[C@H]1C(=O)O)c1ccccc1. The van der Waals surface area contributed by atoms with Gasteiger partial charge in [0.1, 0.15) is 6.04 Å². The van der Waals surface area contributed by atoms with Crippen LogP contribution in [0.15, 0.2) is 42.5 Å². The third-order valence-corrected chi connectivity index (χ3v) is 3.55. The zero-order valence-corrected chi connectivity index (χ0v) is 11.4. The van der Waals surface area contributed by atoms with Crippen LogP contribution in [0.25, 0.3) is 0 Å². The molecule has 1 N–H and O–H groups in total. The van der Waals surface area contributed by atoms with Gasteiger partial charge in [-0.1, -0.05) is 42.5 Å². The molecule has 0 amide bonds. The van der Waals surface area contributed by atoms with Crippen LogP contribution in [-0.4, -0.2) is 40.9 Å². The van der Waals surface area contributed by atoms with E-state index in [9.17, 15) is 9.59 Å². The van der Waals surface area contributed by atoms with Gasteiger partial charge in [0.2, 0.25) is 0 Å². The molecular weight excluding hydrogens is 254 g/mol. The molecule has 106 valence electrons. The number of carboxylic acid groups (broad SMARTS) is 1. The molecule has 1 atom stereocenters. The van der Waals surface area contributed by atoms with E-state index in [2.05, 4.69) is 0 Å². The van der Waals surface area contributed by atoms with Gasteiger partial charge in [0.25, 0.3) is 0 Å². The summed E-state index contributed by atoms with van der Waals surface area (Å²) in [7, 11) is 0. The molecule has 1 aromatic carbocycles. The number of benzene rings is 1. The minimum atomic E-state index is -0.753. The molecule has 0 radical (unpaired) electrons. The summed E-state index contributed by atoms with van der Waals surface area (Å²) in [6.07, 6.45) is 5.71. The molecule has 20 heavy (non-hydrogen) atoms. The maximum Gasteiger partial charge on any atom is 0.320 e. The number of nitrogens with zero attached hydrogens (tertiary/aromatic N) is 1. The Morgan fingerprint density at radius 1 is 1.25 bits per heavy atom. The van der Waals surface area contributed by atoms with Crippen molar-refractivity contribution in [3.8, 4) is 0 Å². The Balaban J connectivity index is 1.80. The Labute approximate surface area is 118 Å². The molecule has 1 heterocycles. The van der Waals surface area contributed by atoms with Crippen molar-refractivity contribution in [3.05, 3.63) is 48.0 Å².